The van der Waals surface area contributed by atoms with Gasteiger partial charge in [0.05, 0.1) is 11.9 Å². The quantitative estimate of drug-likeness (QED) is 0.800. The topological polar surface area (TPSA) is 96.6 Å². The number of amides is 1. The lowest BCUT2D eigenvalue weighted by molar-refractivity contribution is -0.113. The average Bonchev–Trinajstić information content (AvgIpc) is 3.33. The van der Waals surface area contributed by atoms with Gasteiger partial charge < -0.3 is 14.8 Å². The van der Waals surface area contributed by atoms with E-state index < -0.39 is 27.1 Å². The van der Waals surface area contributed by atoms with Crippen LogP contribution in [-0.4, -0.2) is 25.2 Å². The molecule has 0 atom stereocenters. The van der Waals surface area contributed by atoms with Gasteiger partial charge in [-0.2, -0.15) is 0 Å². The molecular weight excluding hydrogens is 378 g/mol. The van der Waals surface area contributed by atoms with Gasteiger partial charge in [0.25, 0.3) is 0 Å². The fourth-order valence-corrected chi connectivity index (χ4v) is 5.25. The number of anilines is 1. The van der Waals surface area contributed by atoms with E-state index >= 15 is 0 Å². The van der Waals surface area contributed by atoms with E-state index in [1.807, 2.05) is 0 Å². The molecule has 0 saturated heterocycles. The predicted molar refractivity (Wildman–Crippen MR) is 105 cm³/mol. The van der Waals surface area contributed by atoms with Gasteiger partial charge in [-0.15, -0.1) is 0 Å². The van der Waals surface area contributed by atoms with E-state index in [4.69, 9.17) is 4.42 Å². The first-order valence-corrected chi connectivity index (χ1v) is 11.3. The number of carbonyl (C=O) groups is 1. The van der Waals surface area contributed by atoms with Crippen LogP contribution in [0.25, 0.3) is 0 Å². The molecule has 0 radical (unpaired) electrons. The van der Waals surface area contributed by atoms with Crippen LogP contribution < -0.4 is 5.32 Å². The van der Waals surface area contributed by atoms with Crippen molar-refractivity contribution in [2.75, 3.05) is 11.1 Å². The fraction of sp³-hybridized carbons (Fsp3) is 0.476. The van der Waals surface area contributed by atoms with E-state index in [9.17, 15) is 18.3 Å². The van der Waals surface area contributed by atoms with Gasteiger partial charge in [-0.1, -0.05) is 6.07 Å². The van der Waals surface area contributed by atoms with Crippen LogP contribution in [-0.2, 0) is 45.9 Å². The maximum Gasteiger partial charge on any atom is 0.240 e. The van der Waals surface area contributed by atoms with Gasteiger partial charge in [-0.25, -0.2) is 8.42 Å². The summed E-state index contributed by atoms with van der Waals surface area (Å²) in [5.74, 6) is -1.25. The molecule has 0 fully saturated rings. The van der Waals surface area contributed by atoms with Crippen molar-refractivity contribution in [2.24, 2.45) is 0 Å². The summed E-state index contributed by atoms with van der Waals surface area (Å²) in [6.07, 6.45) is 7.18. The number of carbonyl (C=O) groups excluding carboxylic acids is 1. The third kappa shape index (κ3) is 3.49. The zero-order valence-corrected chi connectivity index (χ0v) is 17.0. The van der Waals surface area contributed by atoms with Crippen molar-refractivity contribution >= 4 is 21.4 Å². The number of furan rings is 1. The summed E-state index contributed by atoms with van der Waals surface area (Å²) in [6, 6.07) is 3.54. The second-order valence-corrected chi connectivity index (χ2v) is 10.2. The summed E-state index contributed by atoms with van der Waals surface area (Å²) >= 11 is 0. The molecule has 0 unspecified atom stereocenters. The molecule has 2 N–H and O–H groups in total. The number of sulfone groups is 1. The van der Waals surface area contributed by atoms with E-state index in [1.165, 1.54) is 37.3 Å². The van der Waals surface area contributed by atoms with E-state index in [1.54, 1.807) is 0 Å². The van der Waals surface area contributed by atoms with Crippen molar-refractivity contribution in [3.05, 3.63) is 46.2 Å². The normalized spacial score (nSPS) is 16.1. The van der Waals surface area contributed by atoms with E-state index in [2.05, 4.69) is 11.4 Å². The highest BCUT2D eigenvalue weighted by molar-refractivity contribution is 7.92. The van der Waals surface area contributed by atoms with Crippen LogP contribution in [0.1, 0.15) is 54.5 Å². The molecule has 2 aromatic rings. The Kier molecular flexibility index (Phi) is 4.62. The lowest BCUT2D eigenvalue weighted by Gasteiger charge is -2.16. The smallest absolute Gasteiger partial charge is 0.240 e. The Morgan fingerprint density at radius 3 is 2.25 bits per heavy atom. The molecule has 4 rings (SSSR count). The number of rotatable bonds is 5. The molecule has 1 heterocycles. The highest BCUT2D eigenvalue weighted by Gasteiger charge is 2.29. The van der Waals surface area contributed by atoms with Gasteiger partial charge >= 0.3 is 0 Å². The van der Waals surface area contributed by atoms with Crippen molar-refractivity contribution in [2.45, 2.75) is 63.1 Å². The molecule has 2 aliphatic rings. The first kappa shape index (κ1) is 19.2. The van der Waals surface area contributed by atoms with Crippen LogP contribution in [0.4, 0.5) is 5.69 Å². The highest BCUT2D eigenvalue weighted by Crippen LogP contribution is 2.38. The summed E-state index contributed by atoms with van der Waals surface area (Å²) in [7, 11) is -3.94. The maximum atomic E-state index is 12.6. The Morgan fingerprint density at radius 1 is 1.11 bits per heavy atom. The minimum absolute atomic E-state index is 0.303. The Bertz CT molecular complexity index is 1010. The molecule has 1 aromatic heterocycles. The number of hydrogen-bond acceptors (Lipinski definition) is 5. The number of benzene rings is 1. The summed E-state index contributed by atoms with van der Waals surface area (Å²) in [5, 5.41) is 12.6. The Hall–Kier alpha value is -2.12. The third-order valence-electron chi connectivity index (χ3n) is 5.65. The Balaban J connectivity index is 1.56. The lowest BCUT2D eigenvalue weighted by Crippen LogP contribution is -2.24. The molecule has 28 heavy (non-hydrogen) atoms. The largest absolute Gasteiger partial charge is 0.453 e. The second-order valence-electron chi connectivity index (χ2n) is 8.25. The third-order valence-corrected chi connectivity index (χ3v) is 7.12. The SMILES string of the molecule is CC(C)(O)c1coc(S(=O)(=O)CC(=O)Nc2c3c(cc4c2CCC4)CCC3)c1. The van der Waals surface area contributed by atoms with Crippen LogP contribution in [0.3, 0.4) is 0 Å². The number of aliphatic hydroxyl groups is 1. The van der Waals surface area contributed by atoms with Crippen LogP contribution >= 0.6 is 0 Å². The lowest BCUT2D eigenvalue weighted by atomic mass is 9.98. The van der Waals surface area contributed by atoms with Crippen molar-refractivity contribution < 1.29 is 22.7 Å². The zero-order chi connectivity index (χ0) is 20.1. The van der Waals surface area contributed by atoms with E-state index in [0.29, 0.717) is 5.56 Å². The molecular formula is C21H25NO5S. The molecule has 0 spiro atoms. The Morgan fingerprint density at radius 2 is 1.71 bits per heavy atom. The first-order chi connectivity index (χ1) is 13.1. The second kappa shape index (κ2) is 6.74. The van der Waals surface area contributed by atoms with Gasteiger partial charge in [0.2, 0.25) is 20.8 Å². The highest BCUT2D eigenvalue weighted by atomic mass is 32.2. The number of hydrogen-bond donors (Lipinski definition) is 2. The van der Waals surface area contributed by atoms with Crippen molar-refractivity contribution in [3.63, 3.8) is 0 Å². The summed E-state index contributed by atoms with van der Waals surface area (Å²) < 4.78 is 30.3. The van der Waals surface area contributed by atoms with Gasteiger partial charge in [0.15, 0.2) is 0 Å². The van der Waals surface area contributed by atoms with Crippen LogP contribution in [0.15, 0.2) is 27.9 Å². The van der Waals surface area contributed by atoms with Gasteiger partial charge in [-0.05, 0) is 74.6 Å². The molecule has 0 saturated carbocycles. The molecule has 1 amide bonds. The first-order valence-electron chi connectivity index (χ1n) is 9.65. The van der Waals surface area contributed by atoms with Crippen LogP contribution in [0, 0.1) is 0 Å². The molecule has 0 bridgehead atoms. The van der Waals surface area contributed by atoms with Gasteiger partial charge in [-0.3, -0.25) is 4.79 Å². The molecule has 7 heteroatoms. The molecule has 2 aliphatic carbocycles. The summed E-state index contributed by atoms with van der Waals surface area (Å²) in [6.45, 7) is 3.08. The number of nitrogens with one attached hydrogen (secondary N) is 1. The Labute approximate surface area is 164 Å². The van der Waals surface area contributed by atoms with Crippen molar-refractivity contribution in [1.82, 2.24) is 0 Å². The maximum absolute atomic E-state index is 12.6. The zero-order valence-electron chi connectivity index (χ0n) is 16.2. The summed E-state index contributed by atoms with van der Waals surface area (Å²) in [5.41, 5.74) is 4.84. The van der Waals surface area contributed by atoms with Crippen molar-refractivity contribution in [3.8, 4) is 0 Å². The molecule has 6 nitrogen and oxygen atoms in total. The fourth-order valence-electron chi connectivity index (χ4n) is 4.19. The number of aryl methyl sites for hydroxylation is 2. The van der Waals surface area contributed by atoms with Crippen LogP contribution in [0.5, 0.6) is 0 Å². The molecule has 150 valence electrons. The van der Waals surface area contributed by atoms with E-state index in [-0.39, 0.29) is 5.09 Å². The molecule has 1 aromatic carbocycles. The minimum Gasteiger partial charge on any atom is -0.453 e. The average molecular weight is 404 g/mol. The van der Waals surface area contributed by atoms with Crippen LogP contribution in [0.2, 0.25) is 0 Å². The number of fused-ring (bicyclic) bond motifs is 2. The van der Waals surface area contributed by atoms with Crippen molar-refractivity contribution in [1.29, 1.82) is 0 Å². The van der Waals surface area contributed by atoms with E-state index in [0.717, 1.165) is 55.3 Å². The standard InChI is InChI=1S/C21H25NO5S/c1-21(2,24)15-10-19(27-11-15)28(25,26)12-18(23)22-20-16-7-3-5-13(16)9-14-6-4-8-17(14)20/h9-11,24H,3-8,12H2,1-2H3,(H,22,23). The predicted octanol–water partition coefficient (Wildman–Crippen LogP) is 2.90. The van der Waals surface area contributed by atoms with Gasteiger partial charge in [0, 0.05) is 17.3 Å². The van der Waals surface area contributed by atoms with Gasteiger partial charge in [0.1, 0.15) is 5.75 Å². The summed E-state index contributed by atoms with van der Waals surface area (Å²) in [4.78, 5) is 12.6. The minimum atomic E-state index is -3.94. The molecule has 0 aliphatic heterocycles. The monoisotopic (exact) mass is 403 g/mol.